The summed E-state index contributed by atoms with van der Waals surface area (Å²) in [4.78, 5) is 0. The summed E-state index contributed by atoms with van der Waals surface area (Å²) in [5, 5.41) is 0. The van der Waals surface area contributed by atoms with Gasteiger partial charge >= 0.3 is 0 Å². The summed E-state index contributed by atoms with van der Waals surface area (Å²) in [5.41, 5.74) is 3.77. The fourth-order valence-electron chi connectivity index (χ4n) is 5.87. The highest BCUT2D eigenvalue weighted by molar-refractivity contribution is 5.33. The number of hydrogen-bond donors (Lipinski definition) is 0. The first-order valence-electron chi connectivity index (χ1n) is 8.79. The molecule has 108 valence electrons. The summed E-state index contributed by atoms with van der Waals surface area (Å²) in [6, 6.07) is 9.80. The molecule has 0 heterocycles. The molecule has 4 fully saturated rings. The smallest absolute Gasteiger partial charge is 0.00391 e. The highest BCUT2D eigenvalue weighted by Crippen LogP contribution is 2.60. The van der Waals surface area contributed by atoms with Crippen molar-refractivity contribution in [2.75, 3.05) is 0 Å². The normalized spacial score (nSPS) is 40.0. The summed E-state index contributed by atoms with van der Waals surface area (Å²) >= 11 is 0. The Bertz CT molecular complexity index is 446. The van der Waals surface area contributed by atoms with Crippen LogP contribution in [-0.4, -0.2) is 0 Å². The zero-order chi connectivity index (χ0) is 13.7. The molecule has 0 heteroatoms. The summed E-state index contributed by atoms with van der Waals surface area (Å²) < 4.78 is 0. The maximum absolute atomic E-state index is 2.48. The highest BCUT2D eigenvalue weighted by Gasteiger charge is 2.51. The zero-order valence-electron chi connectivity index (χ0n) is 13.1. The maximum atomic E-state index is 2.48. The van der Waals surface area contributed by atoms with Crippen molar-refractivity contribution >= 4 is 0 Å². The Kier molecular flexibility index (Phi) is 2.98. The average molecular weight is 268 g/mol. The average Bonchev–Trinajstić information content (AvgIpc) is 2.45. The SMILES string of the molecule is CCC(C)c1ccc(C23CC4CC(CC(C4)C2)C3)cc1. The van der Waals surface area contributed by atoms with Crippen LogP contribution in [0.15, 0.2) is 24.3 Å². The van der Waals surface area contributed by atoms with E-state index in [9.17, 15) is 0 Å². The topological polar surface area (TPSA) is 0 Å². The first kappa shape index (κ1) is 12.9. The first-order chi connectivity index (χ1) is 9.68. The molecule has 4 aliphatic rings. The van der Waals surface area contributed by atoms with Gasteiger partial charge in [0.15, 0.2) is 0 Å². The molecule has 1 aromatic carbocycles. The summed E-state index contributed by atoms with van der Waals surface area (Å²) in [5.74, 6) is 3.86. The Hall–Kier alpha value is -0.780. The van der Waals surface area contributed by atoms with Crippen LogP contribution in [0.3, 0.4) is 0 Å². The van der Waals surface area contributed by atoms with Crippen LogP contribution in [0.5, 0.6) is 0 Å². The van der Waals surface area contributed by atoms with Crippen LogP contribution < -0.4 is 0 Å². The molecule has 0 radical (unpaired) electrons. The Morgan fingerprint density at radius 1 is 0.950 bits per heavy atom. The predicted octanol–water partition coefficient (Wildman–Crippen LogP) is 5.67. The third kappa shape index (κ3) is 1.95. The van der Waals surface area contributed by atoms with Crippen LogP contribution in [0.2, 0.25) is 0 Å². The molecule has 1 atom stereocenters. The lowest BCUT2D eigenvalue weighted by Gasteiger charge is -2.57. The molecule has 4 saturated carbocycles. The minimum atomic E-state index is 0.572. The number of benzene rings is 1. The fraction of sp³-hybridized carbons (Fsp3) is 0.700. The van der Waals surface area contributed by atoms with Gasteiger partial charge in [0.2, 0.25) is 0 Å². The van der Waals surface area contributed by atoms with Gasteiger partial charge in [-0.1, -0.05) is 38.1 Å². The van der Waals surface area contributed by atoms with E-state index in [1.165, 1.54) is 31.2 Å². The molecule has 0 aromatic heterocycles. The van der Waals surface area contributed by atoms with Crippen molar-refractivity contribution in [3.8, 4) is 0 Å². The van der Waals surface area contributed by atoms with E-state index in [0.717, 1.165) is 17.8 Å². The van der Waals surface area contributed by atoms with Crippen molar-refractivity contribution in [2.45, 2.75) is 70.1 Å². The van der Waals surface area contributed by atoms with Gasteiger partial charge in [-0.15, -0.1) is 0 Å². The molecule has 20 heavy (non-hydrogen) atoms. The third-order valence-corrected chi connectivity index (χ3v) is 6.74. The second-order valence-electron chi connectivity index (χ2n) is 8.13. The van der Waals surface area contributed by atoms with Crippen molar-refractivity contribution < 1.29 is 0 Å². The molecule has 0 spiro atoms. The Balaban J connectivity index is 1.64. The van der Waals surface area contributed by atoms with E-state index < -0.39 is 0 Å². The van der Waals surface area contributed by atoms with Gasteiger partial charge in [-0.3, -0.25) is 0 Å². The second-order valence-corrected chi connectivity index (χ2v) is 8.13. The maximum Gasteiger partial charge on any atom is -0.00391 e. The Morgan fingerprint density at radius 3 is 1.90 bits per heavy atom. The number of hydrogen-bond acceptors (Lipinski definition) is 0. The van der Waals surface area contributed by atoms with Crippen LogP contribution in [0.25, 0.3) is 0 Å². The van der Waals surface area contributed by atoms with Crippen LogP contribution >= 0.6 is 0 Å². The van der Waals surface area contributed by atoms with Crippen molar-refractivity contribution in [3.63, 3.8) is 0 Å². The van der Waals surface area contributed by atoms with E-state index >= 15 is 0 Å². The predicted molar refractivity (Wildman–Crippen MR) is 85.0 cm³/mol. The first-order valence-corrected chi connectivity index (χ1v) is 8.79. The number of rotatable bonds is 3. The molecule has 0 aliphatic heterocycles. The van der Waals surface area contributed by atoms with E-state index in [-0.39, 0.29) is 0 Å². The van der Waals surface area contributed by atoms with Gasteiger partial charge in [-0.05, 0) is 85.2 Å². The lowest BCUT2D eigenvalue weighted by Crippen LogP contribution is -2.48. The van der Waals surface area contributed by atoms with E-state index in [2.05, 4.69) is 38.1 Å². The standard InChI is InChI=1S/C20H28/c1-3-14(2)18-4-6-19(7-5-18)20-11-15-8-16(12-20)10-17(9-15)13-20/h4-7,14-17H,3,8-13H2,1-2H3. The quantitative estimate of drug-likeness (QED) is 0.662. The van der Waals surface area contributed by atoms with E-state index in [0.29, 0.717) is 11.3 Å². The Morgan fingerprint density at radius 2 is 1.45 bits per heavy atom. The molecule has 4 bridgehead atoms. The molecular weight excluding hydrogens is 240 g/mol. The van der Waals surface area contributed by atoms with Crippen LogP contribution in [0.1, 0.15) is 75.8 Å². The molecule has 0 amide bonds. The molecule has 1 aromatic rings. The van der Waals surface area contributed by atoms with Gasteiger partial charge < -0.3 is 0 Å². The van der Waals surface area contributed by atoms with Gasteiger partial charge in [-0.2, -0.15) is 0 Å². The highest BCUT2D eigenvalue weighted by atomic mass is 14.6. The zero-order valence-corrected chi connectivity index (χ0v) is 13.1. The van der Waals surface area contributed by atoms with E-state index in [4.69, 9.17) is 0 Å². The Labute approximate surface area is 124 Å². The molecule has 1 unspecified atom stereocenters. The van der Waals surface area contributed by atoms with Crippen LogP contribution in [-0.2, 0) is 5.41 Å². The van der Waals surface area contributed by atoms with Crippen molar-refractivity contribution in [1.29, 1.82) is 0 Å². The van der Waals surface area contributed by atoms with E-state index in [1.807, 2.05) is 0 Å². The van der Waals surface area contributed by atoms with Crippen molar-refractivity contribution in [3.05, 3.63) is 35.4 Å². The summed E-state index contributed by atoms with van der Waals surface area (Å²) in [6.07, 6.45) is 10.3. The van der Waals surface area contributed by atoms with Gasteiger partial charge in [0.1, 0.15) is 0 Å². The van der Waals surface area contributed by atoms with Crippen LogP contribution in [0.4, 0.5) is 0 Å². The van der Waals surface area contributed by atoms with Gasteiger partial charge in [0.05, 0.1) is 0 Å². The van der Waals surface area contributed by atoms with Gasteiger partial charge in [0, 0.05) is 0 Å². The minimum absolute atomic E-state index is 0.572. The second kappa shape index (κ2) is 4.61. The monoisotopic (exact) mass is 268 g/mol. The van der Waals surface area contributed by atoms with Gasteiger partial charge in [-0.25, -0.2) is 0 Å². The molecule has 4 aliphatic carbocycles. The molecular formula is C20H28. The third-order valence-electron chi connectivity index (χ3n) is 6.74. The lowest BCUT2D eigenvalue weighted by molar-refractivity contribution is -0.00519. The largest absolute Gasteiger partial charge is 0.0648 e. The molecule has 0 N–H and O–H groups in total. The van der Waals surface area contributed by atoms with E-state index in [1.54, 1.807) is 24.8 Å². The molecule has 5 rings (SSSR count). The summed E-state index contributed by atoms with van der Waals surface area (Å²) in [7, 11) is 0. The van der Waals surface area contributed by atoms with Gasteiger partial charge in [0.25, 0.3) is 0 Å². The fourth-order valence-corrected chi connectivity index (χ4v) is 5.87. The molecule has 0 nitrogen and oxygen atoms in total. The van der Waals surface area contributed by atoms with Crippen LogP contribution in [0, 0.1) is 17.8 Å². The summed E-state index contributed by atoms with van der Waals surface area (Å²) in [6.45, 7) is 4.64. The van der Waals surface area contributed by atoms with Crippen molar-refractivity contribution in [1.82, 2.24) is 0 Å². The molecule has 0 saturated heterocycles. The van der Waals surface area contributed by atoms with Crippen molar-refractivity contribution in [2.24, 2.45) is 17.8 Å². The lowest BCUT2D eigenvalue weighted by atomic mass is 9.48. The minimum Gasteiger partial charge on any atom is -0.0648 e.